The van der Waals surface area contributed by atoms with Crippen LogP contribution in [-0.2, 0) is 9.47 Å². The van der Waals surface area contributed by atoms with Gasteiger partial charge in [-0.3, -0.25) is 0 Å². The zero-order valence-electron chi connectivity index (χ0n) is 7.82. The van der Waals surface area contributed by atoms with E-state index in [-0.39, 0.29) is 0 Å². The Labute approximate surface area is 78.9 Å². The molecule has 1 heterocycles. The highest BCUT2D eigenvalue weighted by atomic mass is 16.6. The van der Waals surface area contributed by atoms with Crippen LogP contribution in [-0.4, -0.2) is 25.9 Å². The molecule has 0 radical (unpaired) electrons. The lowest BCUT2D eigenvalue weighted by atomic mass is 9.95. The van der Waals surface area contributed by atoms with Gasteiger partial charge < -0.3 is 9.47 Å². The van der Waals surface area contributed by atoms with Crippen molar-refractivity contribution in [2.75, 3.05) is 19.8 Å². The van der Waals surface area contributed by atoms with Gasteiger partial charge in [0.1, 0.15) is 6.10 Å². The van der Waals surface area contributed by atoms with E-state index in [1.807, 2.05) is 0 Å². The van der Waals surface area contributed by atoms with Crippen LogP contribution in [0.4, 0.5) is 0 Å². The fraction of sp³-hybridized carbons (Fsp3) is 0.818. The summed E-state index contributed by atoms with van der Waals surface area (Å²) in [5.74, 6) is 2.50. The lowest BCUT2D eigenvalue weighted by Gasteiger charge is -2.17. The van der Waals surface area contributed by atoms with E-state index in [4.69, 9.17) is 9.47 Å². The van der Waals surface area contributed by atoms with Gasteiger partial charge in [-0.15, -0.1) is 0 Å². The molecule has 72 valence electrons. The van der Waals surface area contributed by atoms with E-state index >= 15 is 0 Å². The van der Waals surface area contributed by atoms with Crippen molar-refractivity contribution in [3.8, 4) is 0 Å². The SMILES string of the molecule is C1=CC2CC1CC2COCC1CO1. The Bertz CT molecular complexity index is 220. The molecule has 13 heavy (non-hydrogen) atoms. The lowest BCUT2D eigenvalue weighted by molar-refractivity contribution is 0.0784. The average molecular weight is 180 g/mol. The Morgan fingerprint density at radius 3 is 2.77 bits per heavy atom. The first-order chi connectivity index (χ1) is 6.42. The van der Waals surface area contributed by atoms with Crippen LogP contribution in [0.1, 0.15) is 12.8 Å². The number of rotatable bonds is 4. The van der Waals surface area contributed by atoms with E-state index in [1.54, 1.807) is 0 Å². The molecule has 4 unspecified atom stereocenters. The van der Waals surface area contributed by atoms with Gasteiger partial charge in [-0.25, -0.2) is 0 Å². The molecule has 2 nitrogen and oxygen atoms in total. The molecule has 2 fully saturated rings. The van der Waals surface area contributed by atoms with Crippen LogP contribution in [0.2, 0.25) is 0 Å². The first-order valence-electron chi connectivity index (χ1n) is 5.29. The van der Waals surface area contributed by atoms with Crippen LogP contribution in [0.25, 0.3) is 0 Å². The Morgan fingerprint density at radius 1 is 1.23 bits per heavy atom. The molecule has 2 bridgehead atoms. The number of allylic oxidation sites excluding steroid dienone is 2. The maximum atomic E-state index is 5.64. The van der Waals surface area contributed by atoms with Crippen LogP contribution in [0.15, 0.2) is 12.2 Å². The van der Waals surface area contributed by atoms with Crippen molar-refractivity contribution in [2.24, 2.45) is 17.8 Å². The second-order valence-electron chi connectivity index (χ2n) is 4.53. The molecular weight excluding hydrogens is 164 g/mol. The fourth-order valence-electron chi connectivity index (χ4n) is 2.60. The van der Waals surface area contributed by atoms with Crippen LogP contribution in [0.5, 0.6) is 0 Å². The number of fused-ring (bicyclic) bond motifs is 2. The van der Waals surface area contributed by atoms with Gasteiger partial charge in [0.15, 0.2) is 0 Å². The van der Waals surface area contributed by atoms with Gasteiger partial charge in [-0.05, 0) is 30.6 Å². The highest BCUT2D eigenvalue weighted by molar-refractivity contribution is 5.09. The predicted molar refractivity (Wildman–Crippen MR) is 49.4 cm³/mol. The Kier molecular flexibility index (Phi) is 1.91. The molecule has 0 aromatic heterocycles. The predicted octanol–water partition coefficient (Wildman–Crippen LogP) is 1.61. The molecular formula is C11H16O2. The summed E-state index contributed by atoms with van der Waals surface area (Å²) < 4.78 is 10.7. The van der Waals surface area contributed by atoms with Crippen LogP contribution >= 0.6 is 0 Å². The molecule has 1 saturated heterocycles. The summed E-state index contributed by atoms with van der Waals surface area (Å²) in [6.45, 7) is 2.68. The zero-order valence-corrected chi connectivity index (χ0v) is 7.82. The van der Waals surface area contributed by atoms with Crippen LogP contribution in [0.3, 0.4) is 0 Å². The Morgan fingerprint density at radius 2 is 2.15 bits per heavy atom. The van der Waals surface area contributed by atoms with Crippen LogP contribution < -0.4 is 0 Å². The second kappa shape index (κ2) is 3.10. The van der Waals surface area contributed by atoms with Gasteiger partial charge in [0, 0.05) is 0 Å². The average Bonchev–Trinajstić information content (AvgIpc) is 2.74. The molecule has 1 saturated carbocycles. The summed E-state index contributed by atoms with van der Waals surface area (Å²) in [6, 6.07) is 0. The standard InChI is InChI=1S/C11H16O2/c1-2-9-3-8(1)4-10(9)5-12-6-11-7-13-11/h1-2,8-11H,3-7H2. The van der Waals surface area contributed by atoms with Gasteiger partial charge in [0.25, 0.3) is 0 Å². The van der Waals surface area contributed by atoms with E-state index in [9.17, 15) is 0 Å². The molecule has 4 atom stereocenters. The third-order valence-electron chi connectivity index (χ3n) is 3.45. The number of hydrogen-bond acceptors (Lipinski definition) is 2. The van der Waals surface area contributed by atoms with Crippen molar-refractivity contribution in [1.82, 2.24) is 0 Å². The largest absolute Gasteiger partial charge is 0.378 e. The zero-order chi connectivity index (χ0) is 8.67. The minimum atomic E-state index is 0.425. The molecule has 0 N–H and O–H groups in total. The third-order valence-corrected chi connectivity index (χ3v) is 3.45. The van der Waals surface area contributed by atoms with E-state index in [2.05, 4.69) is 12.2 Å². The fourth-order valence-corrected chi connectivity index (χ4v) is 2.60. The summed E-state index contributed by atoms with van der Waals surface area (Å²) in [6.07, 6.45) is 7.93. The van der Waals surface area contributed by atoms with Crippen molar-refractivity contribution in [3.05, 3.63) is 12.2 Å². The lowest BCUT2D eigenvalue weighted by Crippen LogP contribution is -2.16. The van der Waals surface area contributed by atoms with Gasteiger partial charge in [0.2, 0.25) is 0 Å². The summed E-state index contributed by atoms with van der Waals surface area (Å²) in [5, 5.41) is 0. The molecule has 0 amide bonds. The summed E-state index contributed by atoms with van der Waals surface area (Å²) in [5.41, 5.74) is 0. The first-order valence-corrected chi connectivity index (χ1v) is 5.29. The van der Waals surface area contributed by atoms with Gasteiger partial charge in [-0.1, -0.05) is 12.2 Å². The van der Waals surface area contributed by atoms with Gasteiger partial charge in [-0.2, -0.15) is 0 Å². The van der Waals surface area contributed by atoms with E-state index < -0.39 is 0 Å². The molecule has 0 aromatic rings. The van der Waals surface area contributed by atoms with E-state index in [0.29, 0.717) is 6.10 Å². The van der Waals surface area contributed by atoms with Crippen molar-refractivity contribution in [2.45, 2.75) is 18.9 Å². The van der Waals surface area contributed by atoms with Gasteiger partial charge >= 0.3 is 0 Å². The quantitative estimate of drug-likeness (QED) is 0.484. The van der Waals surface area contributed by atoms with E-state index in [0.717, 1.165) is 37.6 Å². The molecule has 2 aliphatic carbocycles. The molecule has 3 rings (SSSR count). The maximum Gasteiger partial charge on any atom is 0.104 e. The molecule has 1 aliphatic heterocycles. The number of ether oxygens (including phenoxy) is 2. The van der Waals surface area contributed by atoms with Crippen molar-refractivity contribution < 1.29 is 9.47 Å². The molecule has 0 spiro atoms. The monoisotopic (exact) mass is 180 g/mol. The number of hydrogen-bond donors (Lipinski definition) is 0. The summed E-state index contributed by atoms with van der Waals surface area (Å²) >= 11 is 0. The summed E-state index contributed by atoms with van der Waals surface area (Å²) in [7, 11) is 0. The summed E-state index contributed by atoms with van der Waals surface area (Å²) in [4.78, 5) is 0. The van der Waals surface area contributed by atoms with Crippen molar-refractivity contribution in [3.63, 3.8) is 0 Å². The van der Waals surface area contributed by atoms with Crippen LogP contribution in [0, 0.1) is 17.8 Å². The van der Waals surface area contributed by atoms with Gasteiger partial charge in [0.05, 0.1) is 19.8 Å². The highest BCUT2D eigenvalue weighted by Crippen LogP contribution is 2.43. The van der Waals surface area contributed by atoms with E-state index in [1.165, 1.54) is 12.8 Å². The minimum absolute atomic E-state index is 0.425. The number of epoxide rings is 1. The van der Waals surface area contributed by atoms with Crippen molar-refractivity contribution >= 4 is 0 Å². The first kappa shape index (κ1) is 8.01. The Balaban J connectivity index is 1.43. The molecule has 0 aromatic carbocycles. The normalized spacial score (nSPS) is 45.8. The molecule has 2 heteroatoms. The third kappa shape index (κ3) is 1.65. The topological polar surface area (TPSA) is 21.8 Å². The molecule has 3 aliphatic rings. The minimum Gasteiger partial charge on any atom is -0.378 e. The highest BCUT2D eigenvalue weighted by Gasteiger charge is 2.35. The Hall–Kier alpha value is -0.340. The van der Waals surface area contributed by atoms with Crippen molar-refractivity contribution in [1.29, 1.82) is 0 Å². The second-order valence-corrected chi connectivity index (χ2v) is 4.53. The maximum absolute atomic E-state index is 5.64. The smallest absolute Gasteiger partial charge is 0.104 e.